The Bertz CT molecular complexity index is 1510. The predicted octanol–water partition coefficient (Wildman–Crippen LogP) is 4.57. The molecule has 0 radical (unpaired) electrons. The van der Waals surface area contributed by atoms with E-state index in [4.69, 9.17) is 38.5 Å². The molecule has 0 unspecified atom stereocenters. The van der Waals surface area contributed by atoms with E-state index in [1.165, 1.54) is 12.7 Å². The molecule has 2 aromatic heterocycles. The fourth-order valence-electron chi connectivity index (χ4n) is 4.54. The number of hydrogen-bond donors (Lipinski definition) is 3. The number of amides is 2. The van der Waals surface area contributed by atoms with E-state index >= 15 is 0 Å². The number of esters is 2. The fourth-order valence-corrected chi connectivity index (χ4v) is 5.82. The lowest BCUT2D eigenvalue weighted by Crippen LogP contribution is -2.47. The number of nitrogens with two attached hydrogens (primary N) is 1. The van der Waals surface area contributed by atoms with Crippen LogP contribution in [0.1, 0.15) is 82.1 Å². The van der Waals surface area contributed by atoms with Crippen molar-refractivity contribution in [1.82, 2.24) is 30.2 Å². The Balaban J connectivity index is 2.04. The highest BCUT2D eigenvalue weighted by molar-refractivity contribution is 7.53. The van der Waals surface area contributed by atoms with Gasteiger partial charge >= 0.3 is 31.7 Å². The summed E-state index contributed by atoms with van der Waals surface area (Å²) in [5.41, 5.74) is 5.22. The maximum atomic E-state index is 13.8. The summed E-state index contributed by atoms with van der Waals surface area (Å²) in [5.74, 6) is -1.81. The van der Waals surface area contributed by atoms with Gasteiger partial charge in [-0.2, -0.15) is 0 Å². The summed E-state index contributed by atoms with van der Waals surface area (Å²) in [6.45, 7) is 16.4. The Kier molecular flexibility index (Phi) is 18.0. The zero-order chi connectivity index (χ0) is 40.7. The number of rotatable bonds is 21. The molecule has 0 spiro atoms. The number of nitrogens with one attached hydrogen (secondary N) is 2. The number of aromatic nitrogens is 4. The van der Waals surface area contributed by atoms with E-state index in [-0.39, 0.29) is 57.2 Å². The topological polar surface area (TPSA) is 244 Å². The zero-order valence-electron chi connectivity index (χ0n) is 33.0. The number of nitrogens with zero attached hydrogens (tertiary/aromatic N) is 4. The van der Waals surface area contributed by atoms with Crippen molar-refractivity contribution in [3.8, 4) is 0 Å². The van der Waals surface area contributed by atoms with Gasteiger partial charge in [0.05, 0.1) is 26.1 Å². The minimum Gasteiger partial charge on any atom is -0.462 e. The predicted molar refractivity (Wildman–Crippen MR) is 197 cm³/mol. The second kappa shape index (κ2) is 21.1. The van der Waals surface area contributed by atoms with Crippen LogP contribution in [0.15, 0.2) is 12.7 Å². The van der Waals surface area contributed by atoms with Gasteiger partial charge in [0.25, 0.3) is 0 Å². The Morgan fingerprint density at radius 2 is 1.26 bits per heavy atom. The molecule has 20 heteroatoms. The van der Waals surface area contributed by atoms with Crippen LogP contribution in [0.4, 0.5) is 15.4 Å². The monoisotopic (exact) mass is 787 g/mol. The van der Waals surface area contributed by atoms with E-state index in [9.17, 15) is 23.7 Å². The van der Waals surface area contributed by atoms with Crippen molar-refractivity contribution in [3.05, 3.63) is 12.7 Å². The number of nitrogen functional groups attached to an aromatic ring is 1. The number of fused-ring (bicyclic) bond motifs is 1. The molecule has 306 valence electrons. The van der Waals surface area contributed by atoms with Gasteiger partial charge in [-0.15, -0.1) is 0 Å². The molecule has 2 aromatic rings. The normalized spacial score (nSPS) is 14.4. The summed E-state index contributed by atoms with van der Waals surface area (Å²) in [7, 11) is -4.05. The third kappa shape index (κ3) is 16.1. The standard InChI is InChI=1S/C34H58N7O12P/c1-11-22(3)24(39-31(44)52-33(5,6)7)29(42)48-15-17-50-54(46,21-47-14-13-41-20-38-26-27(35)36-19-37-28(26)41)51-18-16-49-30(43)25(23(4)12-2)40-32(45)53-34(8,9)10/h19-20,22-25H,11-18,21H2,1-10H3,(H,39,44)(H,40,45)(H2,35,36,37)/t22-,23-,24-,25-/m0/s1. The molecule has 2 amide bonds. The van der Waals surface area contributed by atoms with Gasteiger partial charge in [-0.05, 0) is 53.4 Å². The average molecular weight is 788 g/mol. The zero-order valence-corrected chi connectivity index (χ0v) is 33.9. The van der Waals surface area contributed by atoms with Crippen LogP contribution in [0, 0.1) is 11.8 Å². The quantitative estimate of drug-likeness (QED) is 0.0679. The lowest BCUT2D eigenvalue weighted by molar-refractivity contribution is -0.148. The minimum absolute atomic E-state index is 0.0376. The van der Waals surface area contributed by atoms with Crippen LogP contribution in [0.5, 0.6) is 0 Å². The van der Waals surface area contributed by atoms with Crippen LogP contribution < -0.4 is 16.4 Å². The third-order valence-corrected chi connectivity index (χ3v) is 9.32. The maximum absolute atomic E-state index is 13.8. The fraction of sp³-hybridized carbons (Fsp3) is 0.735. The van der Waals surface area contributed by atoms with Gasteiger partial charge in [0.2, 0.25) is 0 Å². The first-order valence-corrected chi connectivity index (χ1v) is 19.6. The number of ether oxygens (including phenoxy) is 5. The number of hydrogen-bond acceptors (Lipinski definition) is 16. The third-order valence-electron chi connectivity index (χ3n) is 7.67. The second-order valence-electron chi connectivity index (χ2n) is 14.5. The molecule has 0 aliphatic rings. The number of alkyl carbamates (subject to hydrolysis) is 2. The van der Waals surface area contributed by atoms with Crippen LogP contribution in [-0.2, 0) is 53.4 Å². The number of anilines is 1. The van der Waals surface area contributed by atoms with E-state index in [0.29, 0.717) is 24.0 Å². The van der Waals surface area contributed by atoms with Gasteiger partial charge in [-0.25, -0.2) is 34.1 Å². The van der Waals surface area contributed by atoms with Crippen molar-refractivity contribution in [2.75, 3.05) is 45.1 Å². The highest BCUT2D eigenvalue weighted by Crippen LogP contribution is 2.48. The van der Waals surface area contributed by atoms with Crippen molar-refractivity contribution in [1.29, 1.82) is 0 Å². The second-order valence-corrected chi connectivity index (χ2v) is 16.5. The summed E-state index contributed by atoms with van der Waals surface area (Å²) >= 11 is 0. The Labute approximate surface area is 316 Å². The molecule has 0 aliphatic heterocycles. The van der Waals surface area contributed by atoms with Crippen molar-refractivity contribution < 1.29 is 56.5 Å². The summed E-state index contributed by atoms with van der Waals surface area (Å²) in [4.78, 5) is 63.0. The van der Waals surface area contributed by atoms with Gasteiger partial charge in [0, 0.05) is 6.54 Å². The first kappa shape index (κ1) is 46.1. The van der Waals surface area contributed by atoms with Crippen LogP contribution in [0.25, 0.3) is 11.2 Å². The van der Waals surface area contributed by atoms with E-state index in [1.54, 1.807) is 60.0 Å². The number of carbonyl (C=O) groups excluding carboxylic acids is 4. The number of carbonyl (C=O) groups is 4. The van der Waals surface area contributed by atoms with E-state index in [1.807, 2.05) is 13.8 Å². The highest BCUT2D eigenvalue weighted by atomic mass is 31.2. The first-order chi connectivity index (χ1) is 25.2. The van der Waals surface area contributed by atoms with Gasteiger partial charge in [0.1, 0.15) is 54.7 Å². The average Bonchev–Trinajstić information content (AvgIpc) is 3.50. The van der Waals surface area contributed by atoms with Crippen LogP contribution >= 0.6 is 7.60 Å². The summed E-state index contributed by atoms with van der Waals surface area (Å²) in [6, 6.07) is -2.01. The van der Waals surface area contributed by atoms with Gasteiger partial charge in [-0.3, -0.25) is 4.57 Å². The molecule has 4 atom stereocenters. The lowest BCUT2D eigenvalue weighted by Gasteiger charge is -2.26. The van der Waals surface area contributed by atoms with E-state index in [0.717, 1.165) is 0 Å². The molecule has 19 nitrogen and oxygen atoms in total. The van der Waals surface area contributed by atoms with Crippen molar-refractivity contribution in [2.45, 2.75) is 112 Å². The van der Waals surface area contributed by atoms with Crippen LogP contribution in [0.2, 0.25) is 0 Å². The maximum Gasteiger partial charge on any atom is 0.408 e. The van der Waals surface area contributed by atoms with Gasteiger partial charge in [0.15, 0.2) is 11.5 Å². The number of imidazole rings is 1. The molecular formula is C34H58N7O12P. The Hall–Kier alpha value is -4.06. The molecule has 2 heterocycles. The Morgan fingerprint density at radius 1 is 0.778 bits per heavy atom. The summed E-state index contributed by atoms with van der Waals surface area (Å²) in [5, 5.41) is 5.11. The minimum atomic E-state index is -4.05. The molecule has 0 aliphatic carbocycles. The van der Waals surface area contributed by atoms with E-state index < -0.39 is 61.4 Å². The molecular weight excluding hydrogens is 729 g/mol. The molecule has 54 heavy (non-hydrogen) atoms. The Morgan fingerprint density at radius 3 is 1.70 bits per heavy atom. The SMILES string of the molecule is CC[C@H](C)[C@H](NC(=O)OC(C)(C)C)C(=O)OCCOP(=O)(COCCn1cnc2c(N)ncnc21)OCCOC(=O)[C@@H](NC(=O)OC(C)(C)C)[C@@H](C)CC. The van der Waals surface area contributed by atoms with Crippen LogP contribution in [-0.4, -0.2) is 106 Å². The molecule has 0 saturated carbocycles. The lowest BCUT2D eigenvalue weighted by atomic mass is 9.99. The molecule has 4 N–H and O–H groups in total. The molecule has 0 fully saturated rings. The largest absolute Gasteiger partial charge is 0.462 e. The van der Waals surface area contributed by atoms with Crippen molar-refractivity contribution >= 4 is 48.7 Å². The van der Waals surface area contributed by atoms with Crippen LogP contribution in [0.3, 0.4) is 0 Å². The smallest absolute Gasteiger partial charge is 0.408 e. The highest BCUT2D eigenvalue weighted by Gasteiger charge is 2.32. The van der Waals surface area contributed by atoms with Gasteiger partial charge < -0.3 is 53.7 Å². The molecule has 0 aromatic carbocycles. The molecule has 0 bridgehead atoms. The van der Waals surface area contributed by atoms with E-state index in [2.05, 4.69) is 25.6 Å². The van der Waals surface area contributed by atoms with Gasteiger partial charge in [-0.1, -0.05) is 40.5 Å². The summed E-state index contributed by atoms with van der Waals surface area (Å²) in [6.07, 6.45) is 1.89. The summed E-state index contributed by atoms with van der Waals surface area (Å²) < 4.78 is 53.6. The van der Waals surface area contributed by atoms with Crippen molar-refractivity contribution in [3.63, 3.8) is 0 Å². The first-order valence-electron chi connectivity index (χ1n) is 17.9. The van der Waals surface area contributed by atoms with Crippen molar-refractivity contribution in [2.24, 2.45) is 11.8 Å². The molecule has 2 rings (SSSR count). The molecule has 0 saturated heterocycles.